The number of sulfone groups is 1. The van der Waals surface area contributed by atoms with Crippen LogP contribution in [0.1, 0.15) is 12.8 Å². The van der Waals surface area contributed by atoms with Crippen LogP contribution >= 0.6 is 15.9 Å². The Balaban J connectivity index is 2.66. The van der Waals surface area contributed by atoms with Gasteiger partial charge in [0.1, 0.15) is 9.84 Å². The van der Waals surface area contributed by atoms with Gasteiger partial charge in [0, 0.05) is 24.2 Å². The number of sulfonamides is 1. The largest absolute Gasteiger partial charge is 0.229 e. The number of hydrogen-bond acceptors (Lipinski definition) is 4. The Bertz CT molecular complexity index is 427. The first-order chi connectivity index (χ1) is 7.26. The molecule has 0 N–H and O–H groups in total. The molecule has 1 rings (SSSR count). The Labute approximate surface area is 105 Å². The van der Waals surface area contributed by atoms with Gasteiger partial charge in [-0.05, 0) is 12.8 Å². The van der Waals surface area contributed by atoms with Crippen molar-refractivity contribution in [2.45, 2.75) is 18.9 Å². The highest BCUT2D eigenvalue weighted by atomic mass is 79.9. The zero-order valence-electron chi connectivity index (χ0n) is 9.09. The van der Waals surface area contributed by atoms with Crippen molar-refractivity contribution in [1.29, 1.82) is 0 Å². The van der Waals surface area contributed by atoms with Crippen molar-refractivity contribution in [3.05, 3.63) is 0 Å². The quantitative estimate of drug-likeness (QED) is 0.625. The lowest BCUT2D eigenvalue weighted by molar-refractivity contribution is 0.425. The Hall–Kier alpha value is 0.340. The van der Waals surface area contributed by atoms with Crippen molar-refractivity contribution in [2.75, 3.05) is 29.6 Å². The van der Waals surface area contributed by atoms with Gasteiger partial charge in [-0.15, -0.1) is 0 Å². The average molecular weight is 334 g/mol. The minimum absolute atomic E-state index is 0.0853. The van der Waals surface area contributed by atoms with Crippen LogP contribution in [0.25, 0.3) is 0 Å². The summed E-state index contributed by atoms with van der Waals surface area (Å²) in [6.07, 6.45) is 2.81. The van der Waals surface area contributed by atoms with Gasteiger partial charge in [0.2, 0.25) is 10.0 Å². The molecule has 1 aliphatic carbocycles. The number of rotatable bonds is 7. The summed E-state index contributed by atoms with van der Waals surface area (Å²) in [7, 11) is -6.66. The molecule has 1 fully saturated rings. The van der Waals surface area contributed by atoms with Gasteiger partial charge in [0.05, 0.1) is 11.5 Å². The van der Waals surface area contributed by atoms with Gasteiger partial charge in [0.25, 0.3) is 0 Å². The molecule has 0 saturated heterocycles. The molecule has 0 bridgehead atoms. The summed E-state index contributed by atoms with van der Waals surface area (Å²) in [6.45, 7) is 0.413. The monoisotopic (exact) mass is 333 g/mol. The van der Waals surface area contributed by atoms with Crippen molar-refractivity contribution in [2.24, 2.45) is 0 Å². The molecule has 8 heteroatoms. The van der Waals surface area contributed by atoms with Crippen molar-refractivity contribution in [3.63, 3.8) is 0 Å². The van der Waals surface area contributed by atoms with E-state index in [1.54, 1.807) is 0 Å². The molecule has 5 nitrogen and oxygen atoms in total. The first-order valence-corrected chi connectivity index (χ1v) is 9.78. The molecule has 0 aromatic carbocycles. The Morgan fingerprint density at radius 2 is 1.75 bits per heavy atom. The maximum absolute atomic E-state index is 11.9. The zero-order valence-corrected chi connectivity index (χ0v) is 12.3. The average Bonchev–Trinajstić information content (AvgIpc) is 2.93. The second kappa shape index (κ2) is 5.32. The molecule has 0 aromatic rings. The van der Waals surface area contributed by atoms with Crippen LogP contribution in [-0.2, 0) is 19.9 Å². The van der Waals surface area contributed by atoms with Gasteiger partial charge in [-0.3, -0.25) is 0 Å². The van der Waals surface area contributed by atoms with Gasteiger partial charge in [0.15, 0.2) is 0 Å². The fourth-order valence-electron chi connectivity index (χ4n) is 1.37. The highest BCUT2D eigenvalue weighted by Gasteiger charge is 2.36. The van der Waals surface area contributed by atoms with E-state index in [1.165, 1.54) is 4.31 Å². The summed E-state index contributed by atoms with van der Waals surface area (Å²) in [6, 6.07) is 0.0853. The predicted octanol–water partition coefficient (Wildman–Crippen LogP) is 0.220. The first kappa shape index (κ1) is 14.4. The second-order valence-electron chi connectivity index (χ2n) is 3.98. The number of hydrogen-bond donors (Lipinski definition) is 0. The highest BCUT2D eigenvalue weighted by Crippen LogP contribution is 2.29. The van der Waals surface area contributed by atoms with Gasteiger partial charge >= 0.3 is 0 Å². The normalized spacial score (nSPS) is 17.9. The molecule has 0 atom stereocenters. The molecule has 1 aliphatic rings. The van der Waals surface area contributed by atoms with E-state index in [2.05, 4.69) is 15.9 Å². The van der Waals surface area contributed by atoms with E-state index in [-0.39, 0.29) is 17.5 Å². The van der Waals surface area contributed by atoms with E-state index < -0.39 is 19.9 Å². The fourth-order valence-corrected chi connectivity index (χ4v) is 5.31. The standard InChI is InChI=1S/C8H16BrNO4S2/c1-15(11,12)6-7-16(13,14)10(5-4-9)8-2-3-8/h8H,2-7H2,1H3. The number of nitrogens with zero attached hydrogens (tertiary/aromatic N) is 1. The third-order valence-electron chi connectivity index (χ3n) is 2.33. The third kappa shape index (κ3) is 4.68. The Morgan fingerprint density at radius 1 is 1.19 bits per heavy atom. The van der Waals surface area contributed by atoms with Crippen molar-refractivity contribution in [3.8, 4) is 0 Å². The van der Waals surface area contributed by atoms with Crippen molar-refractivity contribution < 1.29 is 16.8 Å². The van der Waals surface area contributed by atoms with Gasteiger partial charge in [-0.1, -0.05) is 15.9 Å². The lowest BCUT2D eigenvalue weighted by atomic mass is 10.6. The lowest BCUT2D eigenvalue weighted by Crippen LogP contribution is -2.38. The van der Waals surface area contributed by atoms with E-state index in [1.807, 2.05) is 0 Å². The van der Waals surface area contributed by atoms with E-state index in [0.717, 1.165) is 19.1 Å². The van der Waals surface area contributed by atoms with Crippen LogP contribution in [0, 0.1) is 0 Å². The van der Waals surface area contributed by atoms with E-state index in [0.29, 0.717) is 11.9 Å². The molecule has 0 spiro atoms. The number of alkyl halides is 1. The minimum atomic E-state index is -3.43. The van der Waals surface area contributed by atoms with Crippen LogP contribution < -0.4 is 0 Å². The topological polar surface area (TPSA) is 71.5 Å². The summed E-state index contributed by atoms with van der Waals surface area (Å²) in [4.78, 5) is 0. The summed E-state index contributed by atoms with van der Waals surface area (Å²) in [5.41, 5.74) is 0. The SMILES string of the molecule is CS(=O)(=O)CCS(=O)(=O)N(CCBr)C1CC1. The Morgan fingerprint density at radius 3 is 2.12 bits per heavy atom. The third-order valence-corrected chi connectivity index (χ3v) is 5.80. The van der Waals surface area contributed by atoms with Crippen LogP contribution in [-0.4, -0.2) is 56.8 Å². The van der Waals surface area contributed by atoms with Crippen LogP contribution in [0.2, 0.25) is 0 Å². The number of halogens is 1. The van der Waals surface area contributed by atoms with E-state index in [4.69, 9.17) is 0 Å². The van der Waals surface area contributed by atoms with E-state index in [9.17, 15) is 16.8 Å². The van der Waals surface area contributed by atoms with E-state index >= 15 is 0 Å². The minimum Gasteiger partial charge on any atom is -0.229 e. The van der Waals surface area contributed by atoms with Crippen LogP contribution in [0.3, 0.4) is 0 Å². The fraction of sp³-hybridized carbons (Fsp3) is 1.00. The first-order valence-electron chi connectivity index (χ1n) is 4.99. The van der Waals surface area contributed by atoms with Crippen LogP contribution in [0.5, 0.6) is 0 Å². The highest BCUT2D eigenvalue weighted by molar-refractivity contribution is 9.09. The maximum atomic E-state index is 11.9. The van der Waals surface area contributed by atoms with Gasteiger partial charge in [-0.25, -0.2) is 16.8 Å². The van der Waals surface area contributed by atoms with Crippen molar-refractivity contribution in [1.82, 2.24) is 4.31 Å². The Kier molecular flexibility index (Phi) is 4.79. The van der Waals surface area contributed by atoms with Gasteiger partial charge in [-0.2, -0.15) is 4.31 Å². The maximum Gasteiger partial charge on any atom is 0.215 e. The molecule has 0 aliphatic heterocycles. The molecule has 96 valence electrons. The molecule has 0 aromatic heterocycles. The van der Waals surface area contributed by atoms with Gasteiger partial charge < -0.3 is 0 Å². The molecule has 0 unspecified atom stereocenters. The zero-order chi connectivity index (χ0) is 12.4. The molecular formula is C8H16BrNO4S2. The summed E-state index contributed by atoms with van der Waals surface area (Å²) < 4.78 is 47.1. The molecule has 16 heavy (non-hydrogen) atoms. The van der Waals surface area contributed by atoms with Crippen LogP contribution in [0.4, 0.5) is 0 Å². The molecule has 0 heterocycles. The summed E-state index contributed by atoms with van der Waals surface area (Å²) >= 11 is 3.20. The predicted molar refractivity (Wildman–Crippen MR) is 67.0 cm³/mol. The molecule has 0 radical (unpaired) electrons. The van der Waals surface area contributed by atoms with Crippen molar-refractivity contribution >= 4 is 35.8 Å². The molecule has 0 amide bonds. The second-order valence-corrected chi connectivity index (χ2v) is 9.07. The lowest BCUT2D eigenvalue weighted by Gasteiger charge is -2.20. The smallest absolute Gasteiger partial charge is 0.215 e. The van der Waals surface area contributed by atoms with Crippen LogP contribution in [0.15, 0.2) is 0 Å². The summed E-state index contributed by atoms with van der Waals surface area (Å²) in [5, 5.41) is 0.571. The summed E-state index contributed by atoms with van der Waals surface area (Å²) in [5.74, 6) is -0.615. The molecule has 1 saturated carbocycles. The molecular weight excluding hydrogens is 318 g/mol.